The van der Waals surface area contributed by atoms with Crippen molar-refractivity contribution in [3.05, 3.63) is 21.9 Å². The molecule has 1 saturated carbocycles. The van der Waals surface area contributed by atoms with E-state index in [0.717, 1.165) is 18.6 Å². The molecule has 0 spiro atoms. The number of aryl methyl sites for hydroxylation is 1. The fourth-order valence-corrected chi connectivity index (χ4v) is 3.98. The molecule has 2 atom stereocenters. The van der Waals surface area contributed by atoms with Gasteiger partial charge in [0.1, 0.15) is 0 Å². The Kier molecular flexibility index (Phi) is 3.73. The average Bonchev–Trinajstić information content (AvgIpc) is 2.99. The van der Waals surface area contributed by atoms with Crippen LogP contribution in [0.5, 0.6) is 0 Å². The molecule has 2 nitrogen and oxygen atoms in total. The first-order valence-electron chi connectivity index (χ1n) is 7.33. The van der Waals surface area contributed by atoms with E-state index in [2.05, 4.69) is 36.2 Å². The molecule has 1 aliphatic carbocycles. The minimum Gasteiger partial charge on any atom is -0.308 e. The minimum absolute atomic E-state index is 0.702. The maximum absolute atomic E-state index is 3.75. The summed E-state index contributed by atoms with van der Waals surface area (Å²) < 4.78 is 0. The highest BCUT2D eigenvalue weighted by Gasteiger charge is 2.38. The van der Waals surface area contributed by atoms with Gasteiger partial charge >= 0.3 is 0 Å². The predicted molar refractivity (Wildman–Crippen MR) is 78.1 cm³/mol. The van der Waals surface area contributed by atoms with Gasteiger partial charge in [-0.3, -0.25) is 4.90 Å². The van der Waals surface area contributed by atoms with Gasteiger partial charge in [-0.15, -0.1) is 11.3 Å². The van der Waals surface area contributed by atoms with E-state index in [4.69, 9.17) is 0 Å². The Labute approximate surface area is 114 Å². The molecule has 100 valence electrons. The topological polar surface area (TPSA) is 15.3 Å². The second-order valence-electron chi connectivity index (χ2n) is 5.81. The third-order valence-corrected chi connectivity index (χ3v) is 5.50. The van der Waals surface area contributed by atoms with Crippen LogP contribution in [0, 0.1) is 0 Å². The zero-order valence-electron chi connectivity index (χ0n) is 11.5. The maximum atomic E-state index is 3.75. The van der Waals surface area contributed by atoms with Gasteiger partial charge in [-0.2, -0.15) is 0 Å². The number of nitrogens with one attached hydrogen (secondary N) is 1. The van der Waals surface area contributed by atoms with Crippen LogP contribution in [0.15, 0.2) is 12.1 Å². The Balaban J connectivity index is 1.48. The lowest BCUT2D eigenvalue weighted by molar-refractivity contribution is 0.255. The highest BCUT2D eigenvalue weighted by molar-refractivity contribution is 7.11. The van der Waals surface area contributed by atoms with Crippen LogP contribution in [0.25, 0.3) is 0 Å². The average molecular weight is 264 g/mol. The van der Waals surface area contributed by atoms with Gasteiger partial charge in [-0.1, -0.05) is 6.92 Å². The fraction of sp³-hybridized carbons (Fsp3) is 0.733. The molecule has 2 unspecified atom stereocenters. The third-order valence-electron chi connectivity index (χ3n) is 4.27. The Hall–Kier alpha value is -0.380. The molecule has 3 rings (SSSR count). The lowest BCUT2D eigenvalue weighted by Gasteiger charge is -2.19. The smallest absolute Gasteiger partial charge is 0.0302 e. The van der Waals surface area contributed by atoms with Crippen LogP contribution >= 0.6 is 11.3 Å². The molecule has 1 saturated heterocycles. The summed E-state index contributed by atoms with van der Waals surface area (Å²) in [5, 5.41) is 3.75. The molecule has 3 heteroatoms. The monoisotopic (exact) mass is 264 g/mol. The summed E-state index contributed by atoms with van der Waals surface area (Å²) >= 11 is 1.96. The molecule has 1 aromatic heterocycles. The molecule has 1 N–H and O–H groups in total. The van der Waals surface area contributed by atoms with Crippen LogP contribution in [-0.4, -0.2) is 29.6 Å². The Morgan fingerprint density at radius 3 is 2.78 bits per heavy atom. The molecular formula is C15H24N2S. The number of hydrogen-bond acceptors (Lipinski definition) is 3. The molecule has 0 bridgehead atoms. The summed E-state index contributed by atoms with van der Waals surface area (Å²) in [5.41, 5.74) is 0. The van der Waals surface area contributed by atoms with Crippen LogP contribution < -0.4 is 5.32 Å². The van der Waals surface area contributed by atoms with E-state index in [1.165, 1.54) is 42.0 Å². The van der Waals surface area contributed by atoms with Crippen LogP contribution in [0.1, 0.15) is 42.9 Å². The van der Waals surface area contributed by atoms with E-state index in [9.17, 15) is 0 Å². The summed E-state index contributed by atoms with van der Waals surface area (Å²) in [6.45, 7) is 6.94. The van der Waals surface area contributed by atoms with Gasteiger partial charge in [0, 0.05) is 41.0 Å². The van der Waals surface area contributed by atoms with Crippen LogP contribution in [0.2, 0.25) is 0 Å². The predicted octanol–water partition coefficient (Wildman–Crippen LogP) is 3.03. The summed E-state index contributed by atoms with van der Waals surface area (Å²) in [7, 11) is 0. The first-order valence-corrected chi connectivity index (χ1v) is 8.14. The summed E-state index contributed by atoms with van der Waals surface area (Å²) in [5.74, 6) is 0. The van der Waals surface area contributed by atoms with Gasteiger partial charge in [-0.25, -0.2) is 0 Å². The zero-order chi connectivity index (χ0) is 12.5. The molecule has 0 radical (unpaired) electrons. The molecule has 1 aliphatic heterocycles. The highest BCUT2D eigenvalue weighted by atomic mass is 32.1. The van der Waals surface area contributed by atoms with Gasteiger partial charge in [-0.05, 0) is 44.7 Å². The van der Waals surface area contributed by atoms with Crippen LogP contribution in [0.4, 0.5) is 0 Å². The maximum Gasteiger partial charge on any atom is 0.0302 e. The van der Waals surface area contributed by atoms with Gasteiger partial charge in [0.2, 0.25) is 0 Å². The quantitative estimate of drug-likeness (QED) is 0.879. The van der Waals surface area contributed by atoms with Crippen molar-refractivity contribution in [1.29, 1.82) is 0 Å². The SMILES string of the molecule is CCc1ccc(CNC2CC(C)N(C3CC3)C2)s1. The number of likely N-dealkylation sites (tertiary alicyclic amines) is 1. The van der Waals surface area contributed by atoms with Crippen molar-refractivity contribution in [2.75, 3.05) is 6.54 Å². The van der Waals surface area contributed by atoms with Crippen molar-refractivity contribution in [2.24, 2.45) is 0 Å². The van der Waals surface area contributed by atoms with Crippen LogP contribution in [0.3, 0.4) is 0 Å². The number of nitrogens with zero attached hydrogens (tertiary/aromatic N) is 1. The van der Waals surface area contributed by atoms with E-state index in [-0.39, 0.29) is 0 Å². The van der Waals surface area contributed by atoms with E-state index < -0.39 is 0 Å². The Morgan fingerprint density at radius 2 is 2.11 bits per heavy atom. The number of rotatable bonds is 5. The van der Waals surface area contributed by atoms with E-state index in [0.29, 0.717) is 6.04 Å². The third kappa shape index (κ3) is 2.79. The molecular weight excluding hydrogens is 240 g/mol. The first kappa shape index (κ1) is 12.6. The lowest BCUT2D eigenvalue weighted by atomic mass is 10.2. The molecule has 0 amide bonds. The summed E-state index contributed by atoms with van der Waals surface area (Å²) in [6, 6.07) is 6.96. The van der Waals surface area contributed by atoms with Gasteiger partial charge in [0.05, 0.1) is 0 Å². The zero-order valence-corrected chi connectivity index (χ0v) is 12.3. The normalized spacial score (nSPS) is 29.0. The van der Waals surface area contributed by atoms with Crippen molar-refractivity contribution < 1.29 is 0 Å². The van der Waals surface area contributed by atoms with Crippen molar-refractivity contribution in [3.8, 4) is 0 Å². The van der Waals surface area contributed by atoms with Crippen molar-refractivity contribution in [3.63, 3.8) is 0 Å². The van der Waals surface area contributed by atoms with Crippen molar-refractivity contribution in [2.45, 2.75) is 64.2 Å². The second-order valence-corrected chi connectivity index (χ2v) is 7.06. The van der Waals surface area contributed by atoms with E-state index >= 15 is 0 Å². The number of hydrogen-bond donors (Lipinski definition) is 1. The summed E-state index contributed by atoms with van der Waals surface area (Å²) in [6.07, 6.45) is 5.35. The molecule has 1 aromatic rings. The molecule has 2 fully saturated rings. The molecule has 0 aromatic carbocycles. The standard InChI is InChI=1S/C15H24N2S/c1-3-14-6-7-15(18-14)9-16-12-8-11(2)17(10-12)13-4-5-13/h6-7,11-13,16H,3-5,8-10H2,1-2H3. The molecule has 2 heterocycles. The molecule has 18 heavy (non-hydrogen) atoms. The summed E-state index contributed by atoms with van der Waals surface area (Å²) in [4.78, 5) is 5.71. The van der Waals surface area contributed by atoms with Gasteiger partial charge in [0.25, 0.3) is 0 Å². The Bertz CT molecular complexity index is 397. The molecule has 2 aliphatic rings. The minimum atomic E-state index is 0.702. The van der Waals surface area contributed by atoms with Crippen molar-refractivity contribution >= 4 is 11.3 Å². The van der Waals surface area contributed by atoms with Crippen molar-refractivity contribution in [1.82, 2.24) is 10.2 Å². The lowest BCUT2D eigenvalue weighted by Crippen LogP contribution is -2.33. The highest BCUT2D eigenvalue weighted by Crippen LogP contribution is 2.33. The van der Waals surface area contributed by atoms with Gasteiger partial charge < -0.3 is 5.32 Å². The van der Waals surface area contributed by atoms with E-state index in [1.54, 1.807) is 0 Å². The van der Waals surface area contributed by atoms with Crippen LogP contribution in [-0.2, 0) is 13.0 Å². The number of thiophene rings is 1. The largest absolute Gasteiger partial charge is 0.308 e. The second kappa shape index (κ2) is 5.32. The first-order chi connectivity index (χ1) is 8.76. The van der Waals surface area contributed by atoms with E-state index in [1.807, 2.05) is 11.3 Å². The Morgan fingerprint density at radius 1 is 1.33 bits per heavy atom. The fourth-order valence-electron chi connectivity index (χ4n) is 3.07. The van der Waals surface area contributed by atoms with Gasteiger partial charge in [0.15, 0.2) is 0 Å².